The van der Waals surface area contributed by atoms with Gasteiger partial charge < -0.3 is 25.4 Å². The van der Waals surface area contributed by atoms with E-state index in [4.69, 9.17) is 16.3 Å². The second-order valence-electron chi connectivity index (χ2n) is 6.20. The zero-order valence-corrected chi connectivity index (χ0v) is 14.2. The monoisotopic (exact) mass is 371 g/mol. The Morgan fingerprint density at radius 1 is 1.52 bits per heavy atom. The minimum atomic E-state index is -2.16. The van der Waals surface area contributed by atoms with Gasteiger partial charge in [0.05, 0.1) is 0 Å². The highest BCUT2D eigenvalue weighted by atomic mass is 35.5. The number of amides is 2. The maximum absolute atomic E-state index is 13.3. The predicted molar refractivity (Wildman–Crippen MR) is 87.3 cm³/mol. The Balaban J connectivity index is 1.55. The lowest BCUT2D eigenvalue weighted by atomic mass is 10.2. The Morgan fingerprint density at radius 2 is 2.32 bits per heavy atom. The van der Waals surface area contributed by atoms with Crippen LogP contribution in [0.1, 0.15) is 18.4 Å². The van der Waals surface area contributed by atoms with E-state index < -0.39 is 23.6 Å². The van der Waals surface area contributed by atoms with Crippen LogP contribution in [-0.2, 0) is 16.1 Å². The molecule has 2 saturated heterocycles. The number of carbonyl (C=O) groups excluding carboxylic acids is 2. The lowest BCUT2D eigenvalue weighted by Crippen LogP contribution is -2.48. The Labute approximate surface area is 149 Å². The maximum atomic E-state index is 13.3. The summed E-state index contributed by atoms with van der Waals surface area (Å²) in [7, 11) is 0. The van der Waals surface area contributed by atoms with Crippen LogP contribution in [0.5, 0.6) is 0 Å². The van der Waals surface area contributed by atoms with Crippen molar-refractivity contribution in [2.45, 2.75) is 31.2 Å². The van der Waals surface area contributed by atoms with Gasteiger partial charge in [0, 0.05) is 37.1 Å². The van der Waals surface area contributed by atoms with Crippen LogP contribution in [0, 0.1) is 5.82 Å². The number of rotatable bonds is 4. The van der Waals surface area contributed by atoms with Gasteiger partial charge in [-0.2, -0.15) is 0 Å². The first-order valence-corrected chi connectivity index (χ1v) is 8.41. The van der Waals surface area contributed by atoms with Crippen molar-refractivity contribution in [1.82, 2.24) is 15.5 Å². The SMILES string of the molecule is O=C(NCc1cc(F)cc(Cl)c1)O[C@@]1(O)CCN(C2CCNC2)C1=O. The first-order valence-electron chi connectivity index (χ1n) is 8.03. The number of alkyl carbamates (subject to hydrolysis) is 1. The Morgan fingerprint density at radius 3 is 3.00 bits per heavy atom. The largest absolute Gasteiger partial charge is 0.410 e. The summed E-state index contributed by atoms with van der Waals surface area (Å²) in [6, 6.07) is 3.86. The molecule has 3 rings (SSSR count). The molecule has 2 amide bonds. The van der Waals surface area contributed by atoms with Crippen molar-refractivity contribution < 1.29 is 23.8 Å². The summed E-state index contributed by atoms with van der Waals surface area (Å²) in [5, 5.41) is 16.1. The first kappa shape index (κ1) is 17.9. The summed E-state index contributed by atoms with van der Waals surface area (Å²) < 4.78 is 18.2. The van der Waals surface area contributed by atoms with E-state index in [0.717, 1.165) is 19.0 Å². The molecule has 1 aromatic rings. The smallest absolute Gasteiger partial charge is 0.407 e. The summed E-state index contributed by atoms with van der Waals surface area (Å²) in [5.74, 6) is -3.29. The van der Waals surface area contributed by atoms with Gasteiger partial charge in [-0.1, -0.05) is 11.6 Å². The van der Waals surface area contributed by atoms with Crippen molar-refractivity contribution in [3.8, 4) is 0 Å². The van der Waals surface area contributed by atoms with Crippen molar-refractivity contribution >= 4 is 23.6 Å². The van der Waals surface area contributed by atoms with Gasteiger partial charge in [-0.05, 0) is 36.7 Å². The third-order valence-electron chi connectivity index (χ3n) is 4.38. The minimum absolute atomic E-state index is 0.00243. The van der Waals surface area contributed by atoms with Crippen LogP contribution in [0.3, 0.4) is 0 Å². The molecular weight excluding hydrogens is 353 g/mol. The van der Waals surface area contributed by atoms with Gasteiger partial charge in [-0.15, -0.1) is 0 Å². The molecule has 9 heteroatoms. The summed E-state index contributed by atoms with van der Waals surface area (Å²) in [4.78, 5) is 25.8. The van der Waals surface area contributed by atoms with Crippen molar-refractivity contribution in [2.75, 3.05) is 19.6 Å². The van der Waals surface area contributed by atoms with Crippen LogP contribution in [0.25, 0.3) is 0 Å². The second-order valence-corrected chi connectivity index (χ2v) is 6.64. The molecule has 0 aliphatic carbocycles. The highest BCUT2D eigenvalue weighted by molar-refractivity contribution is 6.30. The fourth-order valence-corrected chi connectivity index (χ4v) is 3.37. The van der Waals surface area contributed by atoms with Crippen LogP contribution in [-0.4, -0.2) is 53.5 Å². The molecule has 2 aliphatic rings. The molecule has 0 radical (unpaired) electrons. The maximum Gasteiger partial charge on any atom is 0.410 e. The number of ether oxygens (including phenoxy) is 1. The number of hydrogen-bond donors (Lipinski definition) is 3. The van der Waals surface area contributed by atoms with Gasteiger partial charge >= 0.3 is 6.09 Å². The average Bonchev–Trinajstić information content (AvgIpc) is 3.14. The van der Waals surface area contributed by atoms with Crippen LogP contribution < -0.4 is 10.6 Å². The van der Waals surface area contributed by atoms with Gasteiger partial charge in [-0.3, -0.25) is 4.79 Å². The summed E-state index contributed by atoms with van der Waals surface area (Å²) >= 11 is 5.74. The van der Waals surface area contributed by atoms with E-state index >= 15 is 0 Å². The number of hydrogen-bond acceptors (Lipinski definition) is 5. The zero-order chi connectivity index (χ0) is 18.0. The highest BCUT2D eigenvalue weighted by Crippen LogP contribution is 2.27. The molecule has 0 spiro atoms. The van der Waals surface area contributed by atoms with E-state index in [1.807, 2.05) is 0 Å². The fraction of sp³-hybridized carbons (Fsp3) is 0.500. The van der Waals surface area contributed by atoms with E-state index in [9.17, 15) is 19.1 Å². The normalized spacial score (nSPS) is 26.1. The quantitative estimate of drug-likeness (QED) is 0.687. The lowest BCUT2D eigenvalue weighted by molar-refractivity contribution is -0.183. The van der Waals surface area contributed by atoms with Crippen molar-refractivity contribution in [3.05, 3.63) is 34.6 Å². The van der Waals surface area contributed by atoms with Gasteiger partial charge in [0.25, 0.3) is 11.7 Å². The summed E-state index contributed by atoms with van der Waals surface area (Å²) in [5.41, 5.74) is 0.436. The molecule has 2 aliphatic heterocycles. The molecule has 7 nitrogen and oxygen atoms in total. The molecule has 2 fully saturated rings. The Bertz CT molecular complexity index is 663. The van der Waals surface area contributed by atoms with E-state index in [-0.39, 0.29) is 24.0 Å². The van der Waals surface area contributed by atoms with E-state index in [1.54, 1.807) is 4.90 Å². The van der Waals surface area contributed by atoms with E-state index in [0.29, 0.717) is 18.7 Å². The van der Waals surface area contributed by atoms with Gasteiger partial charge in [0.2, 0.25) is 0 Å². The third-order valence-corrected chi connectivity index (χ3v) is 4.60. The first-order chi connectivity index (χ1) is 11.9. The van der Waals surface area contributed by atoms with Crippen molar-refractivity contribution in [2.24, 2.45) is 0 Å². The number of likely N-dealkylation sites (tertiary alicyclic amines) is 1. The molecule has 136 valence electrons. The number of halogens is 2. The van der Waals surface area contributed by atoms with Crippen molar-refractivity contribution in [3.63, 3.8) is 0 Å². The number of aliphatic hydroxyl groups is 1. The lowest BCUT2D eigenvalue weighted by Gasteiger charge is -2.25. The highest BCUT2D eigenvalue weighted by Gasteiger charge is 2.51. The Kier molecular flexibility index (Phi) is 5.12. The number of benzene rings is 1. The van der Waals surface area contributed by atoms with Gasteiger partial charge in [0.15, 0.2) is 0 Å². The summed E-state index contributed by atoms with van der Waals surface area (Å²) in [6.07, 6.45) is -0.141. The predicted octanol–water partition coefficient (Wildman–Crippen LogP) is 0.988. The van der Waals surface area contributed by atoms with Crippen LogP contribution in [0.4, 0.5) is 9.18 Å². The number of nitrogens with one attached hydrogen (secondary N) is 2. The number of carbonyl (C=O) groups is 2. The molecule has 2 heterocycles. The van der Waals surface area contributed by atoms with Crippen LogP contribution in [0.2, 0.25) is 5.02 Å². The van der Waals surface area contributed by atoms with E-state index in [1.165, 1.54) is 12.1 Å². The number of nitrogens with zero attached hydrogens (tertiary/aromatic N) is 1. The molecule has 3 N–H and O–H groups in total. The molecule has 1 aromatic carbocycles. The fourth-order valence-electron chi connectivity index (χ4n) is 3.13. The molecule has 1 unspecified atom stereocenters. The second kappa shape index (κ2) is 7.15. The van der Waals surface area contributed by atoms with Crippen LogP contribution >= 0.6 is 11.6 Å². The van der Waals surface area contributed by atoms with Crippen molar-refractivity contribution in [1.29, 1.82) is 0 Å². The minimum Gasteiger partial charge on any atom is -0.407 e. The van der Waals surface area contributed by atoms with Crippen LogP contribution in [0.15, 0.2) is 18.2 Å². The molecule has 2 atom stereocenters. The molecule has 0 aromatic heterocycles. The molecule has 25 heavy (non-hydrogen) atoms. The van der Waals surface area contributed by atoms with Gasteiger partial charge in [-0.25, -0.2) is 9.18 Å². The third kappa shape index (κ3) is 4.02. The zero-order valence-electron chi connectivity index (χ0n) is 13.4. The summed E-state index contributed by atoms with van der Waals surface area (Å²) in [6.45, 7) is 1.75. The molecule has 0 bridgehead atoms. The van der Waals surface area contributed by atoms with Gasteiger partial charge in [0.1, 0.15) is 5.82 Å². The molecular formula is C16H19ClFN3O4. The molecule has 0 saturated carbocycles. The Hall–Kier alpha value is -1.90. The topological polar surface area (TPSA) is 90.9 Å². The average molecular weight is 372 g/mol. The standard InChI is InChI=1S/C16H19ClFN3O4/c17-11-5-10(6-12(18)7-11)8-20-15(23)25-16(24)2-4-21(14(16)22)13-1-3-19-9-13/h5-7,13,19,24H,1-4,8-9H2,(H,20,23)/t13?,16-/m0/s1. The van der Waals surface area contributed by atoms with E-state index in [2.05, 4.69) is 10.6 Å².